The van der Waals surface area contributed by atoms with Gasteiger partial charge >= 0.3 is 0 Å². The van der Waals surface area contributed by atoms with Gasteiger partial charge in [-0.25, -0.2) is 0 Å². The number of allylic oxidation sites excluding steroid dienone is 5. The zero-order valence-corrected chi connectivity index (χ0v) is 30.3. The number of aryl methyl sites for hydroxylation is 1. The first-order valence-electron chi connectivity index (χ1n) is 15.7. The molecule has 0 fully saturated rings. The number of ether oxygens (including phenoxy) is 4. The Labute approximate surface area is 285 Å². The van der Waals surface area contributed by atoms with Gasteiger partial charge in [0.05, 0.1) is 36.2 Å². The lowest BCUT2D eigenvalue weighted by molar-refractivity contribution is 0.0639. The number of hydrogen-bond donors (Lipinski definition) is 2. The zero-order chi connectivity index (χ0) is 35.8. The van der Waals surface area contributed by atoms with Crippen LogP contribution in [0.15, 0.2) is 82.3 Å². The highest BCUT2D eigenvalue weighted by Crippen LogP contribution is 2.50. The summed E-state index contributed by atoms with van der Waals surface area (Å²) < 4.78 is 89.8. The van der Waals surface area contributed by atoms with E-state index in [1.54, 1.807) is 26.4 Å². The minimum absolute atomic E-state index is 0.181. The third-order valence-corrected chi connectivity index (χ3v) is 10.7. The molecule has 13 heteroatoms. The molecule has 0 aromatic heterocycles. The average molecular weight is 708 g/mol. The molecule has 0 spiro atoms. The van der Waals surface area contributed by atoms with Gasteiger partial charge in [-0.2, -0.15) is 16.8 Å². The molecule has 2 unspecified atom stereocenters. The van der Waals surface area contributed by atoms with Crippen molar-refractivity contribution in [3.63, 3.8) is 0 Å². The lowest BCUT2D eigenvalue weighted by Crippen LogP contribution is -2.30. The van der Waals surface area contributed by atoms with E-state index in [0.29, 0.717) is 70.2 Å². The van der Waals surface area contributed by atoms with Crippen LogP contribution >= 0.6 is 0 Å². The maximum absolute atomic E-state index is 12.1. The number of rotatable bonds is 19. The van der Waals surface area contributed by atoms with E-state index < -0.39 is 31.1 Å². The van der Waals surface area contributed by atoms with Gasteiger partial charge in [0.25, 0.3) is 20.2 Å². The Morgan fingerprint density at radius 2 is 1.50 bits per heavy atom. The molecule has 48 heavy (non-hydrogen) atoms. The fourth-order valence-electron chi connectivity index (χ4n) is 6.10. The summed E-state index contributed by atoms with van der Waals surface area (Å²) in [4.78, 5) is 1.72. The quantitative estimate of drug-likeness (QED) is 0.106. The van der Waals surface area contributed by atoms with Gasteiger partial charge in [0.2, 0.25) is 0 Å². The standard InChI is InChI=1S/C35H49NO10S2/c1-8-36-32-15-14-29(48(40,41)42)25-31(32)35(5,17-19-46-23-21-44-7)33(36)11-9-10-27(3)34(4,16-18-45-22-20-43-6)30-24-28(47(37,38)39)13-12-26(30)2/h9-15,24-25H,3,8,16-23H2,1-2,4-7H3,(H,37,38,39)(H,40,41,42)/b10-9+,33-11+. The van der Waals surface area contributed by atoms with Crippen LogP contribution in [0.25, 0.3) is 0 Å². The maximum atomic E-state index is 12.1. The van der Waals surface area contributed by atoms with Crippen molar-refractivity contribution in [2.24, 2.45) is 0 Å². The molecule has 0 saturated carbocycles. The van der Waals surface area contributed by atoms with E-state index in [2.05, 4.69) is 11.5 Å². The van der Waals surface area contributed by atoms with Crippen molar-refractivity contribution in [3.05, 3.63) is 89.2 Å². The predicted octanol–water partition coefficient (Wildman–Crippen LogP) is 5.65. The maximum Gasteiger partial charge on any atom is 0.294 e. The molecule has 0 bridgehead atoms. The van der Waals surface area contributed by atoms with E-state index in [1.165, 1.54) is 24.3 Å². The van der Waals surface area contributed by atoms with Crippen molar-refractivity contribution < 1.29 is 44.9 Å². The zero-order valence-electron chi connectivity index (χ0n) is 28.7. The minimum Gasteiger partial charge on any atom is -0.382 e. The van der Waals surface area contributed by atoms with Crippen LogP contribution in [0.2, 0.25) is 0 Å². The number of likely N-dealkylation sites (N-methyl/N-ethyl adjacent to an activating group) is 1. The van der Waals surface area contributed by atoms with Gasteiger partial charge in [-0.1, -0.05) is 31.7 Å². The van der Waals surface area contributed by atoms with Gasteiger partial charge < -0.3 is 23.8 Å². The molecule has 0 radical (unpaired) electrons. The highest BCUT2D eigenvalue weighted by Gasteiger charge is 2.43. The summed E-state index contributed by atoms with van der Waals surface area (Å²) in [7, 11) is -5.68. The molecule has 1 aliphatic heterocycles. The third-order valence-electron chi connectivity index (χ3n) is 9.04. The van der Waals surface area contributed by atoms with E-state index in [-0.39, 0.29) is 9.79 Å². The van der Waals surface area contributed by atoms with E-state index >= 15 is 0 Å². The summed E-state index contributed by atoms with van der Waals surface area (Å²) in [6, 6.07) is 9.15. The molecule has 0 amide bonds. The van der Waals surface area contributed by atoms with Crippen molar-refractivity contribution in [1.29, 1.82) is 0 Å². The topological polar surface area (TPSA) is 149 Å². The fourth-order valence-corrected chi connectivity index (χ4v) is 7.11. The number of methoxy groups -OCH3 is 2. The summed E-state index contributed by atoms with van der Waals surface area (Å²) >= 11 is 0. The van der Waals surface area contributed by atoms with Crippen LogP contribution < -0.4 is 4.90 Å². The highest BCUT2D eigenvalue weighted by molar-refractivity contribution is 7.86. The molecule has 3 rings (SSSR count). The van der Waals surface area contributed by atoms with Crippen molar-refractivity contribution in [2.45, 2.75) is 61.2 Å². The second-order valence-electron chi connectivity index (χ2n) is 12.2. The molecule has 0 aliphatic carbocycles. The molecule has 1 aliphatic rings. The number of fused-ring (bicyclic) bond motifs is 1. The van der Waals surface area contributed by atoms with Crippen LogP contribution in [0.1, 0.15) is 50.3 Å². The molecule has 0 saturated heterocycles. The van der Waals surface area contributed by atoms with Gasteiger partial charge in [-0.3, -0.25) is 9.11 Å². The van der Waals surface area contributed by atoms with E-state index in [4.69, 9.17) is 18.9 Å². The lowest BCUT2D eigenvalue weighted by Gasteiger charge is -2.33. The van der Waals surface area contributed by atoms with Crippen LogP contribution in [-0.2, 0) is 50.0 Å². The second-order valence-corrected chi connectivity index (χ2v) is 15.0. The van der Waals surface area contributed by atoms with Crippen LogP contribution in [-0.4, -0.2) is 86.3 Å². The smallest absolute Gasteiger partial charge is 0.294 e. The van der Waals surface area contributed by atoms with Gasteiger partial charge in [-0.15, -0.1) is 0 Å². The van der Waals surface area contributed by atoms with Gasteiger partial charge in [-0.05, 0) is 92.3 Å². The third kappa shape index (κ3) is 9.21. The van der Waals surface area contributed by atoms with Crippen LogP contribution in [0.4, 0.5) is 5.69 Å². The fraction of sp³-hybridized carbons (Fsp3) is 0.486. The molecule has 2 atom stereocenters. The molecule has 11 nitrogen and oxygen atoms in total. The first-order valence-corrected chi connectivity index (χ1v) is 18.6. The van der Waals surface area contributed by atoms with Crippen molar-refractivity contribution in [1.82, 2.24) is 0 Å². The van der Waals surface area contributed by atoms with E-state index in [9.17, 15) is 25.9 Å². The van der Waals surface area contributed by atoms with Crippen LogP contribution in [0, 0.1) is 6.92 Å². The Morgan fingerprint density at radius 1 is 0.917 bits per heavy atom. The van der Waals surface area contributed by atoms with Gasteiger partial charge in [0.1, 0.15) is 0 Å². The highest BCUT2D eigenvalue weighted by atomic mass is 32.2. The summed E-state index contributed by atoms with van der Waals surface area (Å²) in [6.07, 6.45) is 6.71. The molecular weight excluding hydrogens is 659 g/mol. The summed E-state index contributed by atoms with van der Waals surface area (Å²) in [5, 5.41) is 0. The Bertz CT molecular complexity index is 1720. The Hall–Kier alpha value is -2.88. The number of nitrogens with zero attached hydrogens (tertiary/aromatic N) is 1. The second kappa shape index (κ2) is 16.7. The number of hydrogen-bond acceptors (Lipinski definition) is 9. The summed E-state index contributed by atoms with van der Waals surface area (Å²) in [6.45, 7) is 15.3. The first-order chi connectivity index (χ1) is 22.5. The van der Waals surface area contributed by atoms with Crippen molar-refractivity contribution in [2.75, 3.05) is 65.3 Å². The average Bonchev–Trinajstić information content (AvgIpc) is 3.26. The molecule has 266 valence electrons. The largest absolute Gasteiger partial charge is 0.382 e. The number of anilines is 1. The lowest BCUT2D eigenvalue weighted by atomic mass is 9.72. The SMILES string of the molecule is C=C(/C=C/C=C1/N(CC)c2ccc(S(=O)(=O)O)cc2C1(C)CCOCCOC)C(C)(CCOCCOC)c1cc(S(=O)(=O)O)ccc1C. The Balaban J connectivity index is 2.07. The first kappa shape index (κ1) is 39.6. The van der Waals surface area contributed by atoms with Crippen molar-refractivity contribution in [3.8, 4) is 0 Å². The molecule has 2 N–H and O–H groups in total. The molecule has 2 aromatic rings. The monoisotopic (exact) mass is 707 g/mol. The van der Waals surface area contributed by atoms with Crippen LogP contribution in [0.3, 0.4) is 0 Å². The predicted molar refractivity (Wildman–Crippen MR) is 186 cm³/mol. The van der Waals surface area contributed by atoms with Crippen LogP contribution in [0.5, 0.6) is 0 Å². The van der Waals surface area contributed by atoms with Gasteiger partial charge in [0, 0.05) is 56.2 Å². The molecule has 1 heterocycles. The summed E-state index contributed by atoms with van der Waals surface area (Å²) in [5.41, 5.74) is 3.23. The number of benzene rings is 2. The molecule has 2 aromatic carbocycles. The van der Waals surface area contributed by atoms with E-state index in [0.717, 1.165) is 22.5 Å². The Morgan fingerprint density at radius 3 is 2.08 bits per heavy atom. The minimum atomic E-state index is -4.44. The summed E-state index contributed by atoms with van der Waals surface area (Å²) in [5.74, 6) is 0. The van der Waals surface area contributed by atoms with Crippen molar-refractivity contribution >= 4 is 25.9 Å². The normalized spacial score (nSPS) is 18.8. The van der Waals surface area contributed by atoms with E-state index in [1.807, 2.05) is 45.9 Å². The van der Waals surface area contributed by atoms with Gasteiger partial charge in [0.15, 0.2) is 0 Å². The Kier molecular flexibility index (Phi) is 13.7. The molecular formula is C35H49NO10S2.